The Bertz CT molecular complexity index is 166. The number of allylic oxidation sites excluding steroid dienone is 2. The van der Waals surface area contributed by atoms with Gasteiger partial charge in [0.1, 0.15) is 0 Å². The molecule has 0 fully saturated rings. The first kappa shape index (κ1) is 10.3. The van der Waals surface area contributed by atoms with Gasteiger partial charge in [0, 0.05) is 0 Å². The van der Waals surface area contributed by atoms with Crippen LogP contribution in [0.25, 0.3) is 0 Å². The first-order valence-electron chi connectivity index (χ1n) is 4.07. The number of nitrogens with zero attached hydrogens (tertiary/aromatic N) is 2. The van der Waals surface area contributed by atoms with E-state index in [0.717, 1.165) is 12.1 Å². The van der Waals surface area contributed by atoms with Crippen molar-refractivity contribution in [2.24, 2.45) is 10.2 Å². The predicted molar refractivity (Wildman–Crippen MR) is 48.7 cm³/mol. The summed E-state index contributed by atoms with van der Waals surface area (Å²) < 4.78 is 0. The van der Waals surface area contributed by atoms with Gasteiger partial charge in [-0.2, -0.15) is 10.2 Å². The molecular weight excluding hydrogens is 136 g/mol. The molecule has 2 heteroatoms. The normalized spacial score (nSPS) is 14.5. The van der Waals surface area contributed by atoms with Gasteiger partial charge in [0.25, 0.3) is 0 Å². The largest absolute Gasteiger partial charge is 0.183 e. The molecule has 0 radical (unpaired) electrons. The Morgan fingerprint density at radius 3 is 2.36 bits per heavy atom. The monoisotopic (exact) mass is 154 g/mol. The quantitative estimate of drug-likeness (QED) is 0.555. The lowest BCUT2D eigenvalue weighted by Crippen LogP contribution is -2.13. The zero-order chi connectivity index (χ0) is 8.91. The highest BCUT2D eigenvalue weighted by atomic mass is 15.1. The molecular formula is C9H18N2. The fraction of sp³-hybridized carbons (Fsp3) is 0.778. The van der Waals surface area contributed by atoms with Crippen LogP contribution in [-0.2, 0) is 0 Å². The summed E-state index contributed by atoms with van der Waals surface area (Å²) in [6.07, 6.45) is 2.97. The van der Waals surface area contributed by atoms with Crippen molar-refractivity contribution in [3.8, 4) is 0 Å². The van der Waals surface area contributed by atoms with Gasteiger partial charge in [-0.25, -0.2) is 0 Å². The van der Waals surface area contributed by atoms with Crippen molar-refractivity contribution in [3.63, 3.8) is 0 Å². The minimum absolute atomic E-state index is 0.00965. The summed E-state index contributed by atoms with van der Waals surface area (Å²) in [5.74, 6) is 0. The molecule has 64 valence electrons. The third kappa shape index (κ3) is 4.71. The third-order valence-electron chi connectivity index (χ3n) is 1.76. The molecule has 0 heterocycles. The van der Waals surface area contributed by atoms with Crippen LogP contribution < -0.4 is 0 Å². The summed E-state index contributed by atoms with van der Waals surface area (Å²) in [5.41, 5.74) is 0.969. The Morgan fingerprint density at radius 2 is 2.00 bits per heavy atom. The van der Waals surface area contributed by atoms with Crippen LogP contribution in [0.1, 0.15) is 41.0 Å². The highest BCUT2D eigenvalue weighted by molar-refractivity contribution is 4.92. The second kappa shape index (κ2) is 4.27. The van der Waals surface area contributed by atoms with E-state index in [1.54, 1.807) is 0 Å². The molecule has 0 aromatic carbocycles. The standard InChI is InChI=1S/C9H18N2/c1-6-8(3)10-11-9(4,5)7-2/h6H,7H2,1-5H3/b8-6-,11-10?. The van der Waals surface area contributed by atoms with Crippen LogP contribution in [-0.4, -0.2) is 5.54 Å². The maximum atomic E-state index is 4.20. The zero-order valence-corrected chi connectivity index (χ0v) is 8.18. The lowest BCUT2D eigenvalue weighted by Gasteiger charge is -2.13. The van der Waals surface area contributed by atoms with Crippen LogP contribution >= 0.6 is 0 Å². The second-order valence-corrected chi connectivity index (χ2v) is 3.30. The molecule has 0 aromatic rings. The average molecular weight is 154 g/mol. The maximum Gasteiger partial charge on any atom is 0.0761 e. The van der Waals surface area contributed by atoms with Crippen LogP contribution in [0.15, 0.2) is 22.0 Å². The molecule has 0 saturated heterocycles. The van der Waals surface area contributed by atoms with E-state index in [-0.39, 0.29) is 5.54 Å². The summed E-state index contributed by atoms with van der Waals surface area (Å²) in [7, 11) is 0. The predicted octanol–water partition coefficient (Wildman–Crippen LogP) is 3.55. The summed E-state index contributed by atoms with van der Waals surface area (Å²) in [4.78, 5) is 0. The summed E-state index contributed by atoms with van der Waals surface area (Å²) in [6.45, 7) is 10.2. The molecule has 0 spiro atoms. The van der Waals surface area contributed by atoms with Crippen molar-refractivity contribution in [2.75, 3.05) is 0 Å². The summed E-state index contributed by atoms with van der Waals surface area (Å²) >= 11 is 0. The van der Waals surface area contributed by atoms with Gasteiger partial charge in [-0.05, 0) is 34.1 Å². The fourth-order valence-corrected chi connectivity index (χ4v) is 0.343. The number of hydrogen-bond donors (Lipinski definition) is 0. The molecule has 0 aliphatic heterocycles. The third-order valence-corrected chi connectivity index (χ3v) is 1.76. The van der Waals surface area contributed by atoms with E-state index in [2.05, 4.69) is 31.0 Å². The van der Waals surface area contributed by atoms with Gasteiger partial charge < -0.3 is 0 Å². The van der Waals surface area contributed by atoms with E-state index in [4.69, 9.17) is 0 Å². The van der Waals surface area contributed by atoms with Crippen molar-refractivity contribution >= 4 is 0 Å². The van der Waals surface area contributed by atoms with Crippen LogP contribution in [0.2, 0.25) is 0 Å². The van der Waals surface area contributed by atoms with Gasteiger partial charge in [-0.3, -0.25) is 0 Å². The topological polar surface area (TPSA) is 24.7 Å². The molecule has 0 atom stereocenters. The van der Waals surface area contributed by atoms with E-state index < -0.39 is 0 Å². The van der Waals surface area contributed by atoms with E-state index in [0.29, 0.717) is 0 Å². The molecule has 11 heavy (non-hydrogen) atoms. The van der Waals surface area contributed by atoms with Gasteiger partial charge in [-0.1, -0.05) is 13.0 Å². The fourth-order valence-electron chi connectivity index (χ4n) is 0.343. The molecule has 0 aliphatic carbocycles. The van der Waals surface area contributed by atoms with Gasteiger partial charge in [0.15, 0.2) is 0 Å². The molecule has 0 amide bonds. The van der Waals surface area contributed by atoms with E-state index >= 15 is 0 Å². The molecule has 0 rings (SSSR count). The highest BCUT2D eigenvalue weighted by Crippen LogP contribution is 2.14. The van der Waals surface area contributed by atoms with E-state index in [9.17, 15) is 0 Å². The molecule has 0 bridgehead atoms. The SMILES string of the molecule is C/C=C(/C)N=NC(C)(C)CC. The number of azo groups is 1. The highest BCUT2D eigenvalue weighted by Gasteiger charge is 2.12. The van der Waals surface area contributed by atoms with Gasteiger partial charge in [0.2, 0.25) is 0 Å². The molecule has 0 aromatic heterocycles. The maximum absolute atomic E-state index is 4.20. The van der Waals surface area contributed by atoms with Crippen LogP contribution in [0, 0.1) is 0 Å². The van der Waals surface area contributed by atoms with Crippen molar-refractivity contribution < 1.29 is 0 Å². The number of rotatable bonds is 3. The molecule has 0 saturated carbocycles. The van der Waals surface area contributed by atoms with Gasteiger partial charge in [-0.15, -0.1) is 0 Å². The smallest absolute Gasteiger partial charge is 0.0761 e. The Balaban J connectivity index is 4.12. The zero-order valence-electron chi connectivity index (χ0n) is 8.18. The molecule has 2 nitrogen and oxygen atoms in total. The average Bonchev–Trinajstić information content (AvgIpc) is 2.00. The van der Waals surface area contributed by atoms with Gasteiger partial charge in [0.05, 0.1) is 11.2 Å². The lowest BCUT2D eigenvalue weighted by atomic mass is 10.0. The van der Waals surface area contributed by atoms with E-state index in [1.165, 1.54) is 0 Å². The van der Waals surface area contributed by atoms with Crippen molar-refractivity contribution in [1.29, 1.82) is 0 Å². The van der Waals surface area contributed by atoms with Crippen molar-refractivity contribution in [1.82, 2.24) is 0 Å². The van der Waals surface area contributed by atoms with Crippen molar-refractivity contribution in [3.05, 3.63) is 11.8 Å². The first-order chi connectivity index (χ1) is 5.02. The van der Waals surface area contributed by atoms with E-state index in [1.807, 2.05) is 19.9 Å². The van der Waals surface area contributed by atoms with Crippen molar-refractivity contribution in [2.45, 2.75) is 46.6 Å². The molecule has 0 aliphatic rings. The summed E-state index contributed by atoms with van der Waals surface area (Å²) in [6, 6.07) is 0. The Kier molecular flexibility index (Phi) is 4.01. The van der Waals surface area contributed by atoms with Crippen LogP contribution in [0.4, 0.5) is 0 Å². The number of hydrogen-bond acceptors (Lipinski definition) is 2. The second-order valence-electron chi connectivity index (χ2n) is 3.30. The van der Waals surface area contributed by atoms with Gasteiger partial charge >= 0.3 is 0 Å². The Hall–Kier alpha value is -0.660. The minimum Gasteiger partial charge on any atom is -0.183 e. The molecule has 0 N–H and O–H groups in total. The summed E-state index contributed by atoms with van der Waals surface area (Å²) in [5, 5.41) is 8.27. The van der Waals surface area contributed by atoms with Crippen LogP contribution in [0.5, 0.6) is 0 Å². The van der Waals surface area contributed by atoms with Crippen LogP contribution in [0.3, 0.4) is 0 Å². The lowest BCUT2D eigenvalue weighted by molar-refractivity contribution is 0.478. The Morgan fingerprint density at radius 1 is 1.45 bits per heavy atom. The first-order valence-corrected chi connectivity index (χ1v) is 4.07. The minimum atomic E-state index is -0.00965. The molecule has 0 unspecified atom stereocenters. The Labute approximate surface area is 69.4 Å².